The number of hydrogen-bond donors (Lipinski definition) is 0. The van der Waals surface area contributed by atoms with E-state index in [1.165, 1.54) is 11.1 Å². The van der Waals surface area contributed by atoms with Crippen LogP contribution in [0.25, 0.3) is 0 Å². The van der Waals surface area contributed by atoms with Crippen LogP contribution in [0.3, 0.4) is 0 Å². The summed E-state index contributed by atoms with van der Waals surface area (Å²) in [6, 6.07) is 22.9. The van der Waals surface area contributed by atoms with Crippen molar-refractivity contribution >= 4 is 21.8 Å². The van der Waals surface area contributed by atoms with E-state index in [9.17, 15) is 4.79 Å². The van der Waals surface area contributed by atoms with E-state index in [2.05, 4.69) is 71.1 Å². The lowest BCUT2D eigenvalue weighted by molar-refractivity contribution is -0.134. The second-order valence-electron chi connectivity index (χ2n) is 8.35. The third-order valence-corrected chi connectivity index (χ3v) is 6.39. The zero-order valence-corrected chi connectivity index (χ0v) is 20.8. The van der Waals surface area contributed by atoms with Crippen molar-refractivity contribution in [1.82, 2.24) is 9.80 Å². The van der Waals surface area contributed by atoms with Crippen LogP contribution in [0, 0.1) is 6.92 Å². The number of amides is 1. The number of benzene rings is 2. The number of aryl methyl sites for hydroxylation is 1. The largest absolute Gasteiger partial charge is 0.464 e. The Morgan fingerprint density at radius 3 is 2.31 bits per heavy atom. The first-order chi connectivity index (χ1) is 15.4. The molecule has 2 aromatic carbocycles. The van der Waals surface area contributed by atoms with E-state index in [4.69, 9.17) is 4.42 Å². The minimum atomic E-state index is 0.132. The lowest BCUT2D eigenvalue weighted by Gasteiger charge is -2.31. The molecule has 4 nitrogen and oxygen atoms in total. The van der Waals surface area contributed by atoms with Crippen molar-refractivity contribution in [1.29, 1.82) is 0 Å². The van der Waals surface area contributed by atoms with E-state index in [1.807, 2.05) is 42.2 Å². The van der Waals surface area contributed by atoms with Crippen LogP contribution in [0.15, 0.2) is 75.6 Å². The smallest absolute Gasteiger partial charge is 0.237 e. The van der Waals surface area contributed by atoms with Crippen molar-refractivity contribution in [3.05, 3.63) is 93.9 Å². The number of halogens is 1. The summed E-state index contributed by atoms with van der Waals surface area (Å²) in [6.45, 7) is 8.59. The first-order valence-electron chi connectivity index (χ1n) is 11.3. The lowest BCUT2D eigenvalue weighted by atomic mass is 10.1. The van der Waals surface area contributed by atoms with E-state index in [0.29, 0.717) is 25.7 Å². The Morgan fingerprint density at radius 2 is 1.69 bits per heavy atom. The molecule has 0 radical (unpaired) electrons. The number of furan rings is 1. The molecule has 1 amide bonds. The van der Waals surface area contributed by atoms with Crippen molar-refractivity contribution in [2.45, 2.75) is 52.7 Å². The predicted molar refractivity (Wildman–Crippen MR) is 133 cm³/mol. The Balaban J connectivity index is 1.72. The van der Waals surface area contributed by atoms with Gasteiger partial charge in [-0.2, -0.15) is 0 Å². The second kappa shape index (κ2) is 12.0. The average molecular weight is 497 g/mol. The lowest BCUT2D eigenvalue weighted by Crippen LogP contribution is -2.43. The van der Waals surface area contributed by atoms with Gasteiger partial charge in [-0.3, -0.25) is 9.69 Å². The maximum absolute atomic E-state index is 13.5. The van der Waals surface area contributed by atoms with E-state index in [1.54, 1.807) is 0 Å². The molecule has 0 aliphatic carbocycles. The Hall–Kier alpha value is -2.37. The summed E-state index contributed by atoms with van der Waals surface area (Å²) >= 11 is 3.50. The van der Waals surface area contributed by atoms with Gasteiger partial charge in [0.25, 0.3) is 0 Å². The van der Waals surface area contributed by atoms with Crippen LogP contribution >= 0.6 is 15.9 Å². The van der Waals surface area contributed by atoms with Gasteiger partial charge in [0.05, 0.1) is 13.1 Å². The summed E-state index contributed by atoms with van der Waals surface area (Å²) in [5.41, 5.74) is 2.44. The molecule has 3 rings (SSSR count). The SMILES string of the molecule is CCC(C)N(CC(=O)N(CCc1ccccc1)Cc1ccc(C)o1)Cc1ccc(Br)cc1. The molecule has 0 fully saturated rings. The summed E-state index contributed by atoms with van der Waals surface area (Å²) in [6.07, 6.45) is 1.81. The van der Waals surface area contributed by atoms with Crippen molar-refractivity contribution in [3.8, 4) is 0 Å². The highest BCUT2D eigenvalue weighted by molar-refractivity contribution is 9.10. The summed E-state index contributed by atoms with van der Waals surface area (Å²) in [4.78, 5) is 17.7. The molecule has 1 aromatic heterocycles. The van der Waals surface area contributed by atoms with Gasteiger partial charge in [-0.25, -0.2) is 0 Å². The van der Waals surface area contributed by atoms with Gasteiger partial charge in [-0.1, -0.05) is 65.3 Å². The molecule has 0 N–H and O–H groups in total. The van der Waals surface area contributed by atoms with Crippen LogP contribution in [0.4, 0.5) is 0 Å². The standard InChI is InChI=1S/C27H33BrN2O2/c1-4-21(2)30(18-24-11-13-25(28)14-12-24)20-27(31)29(19-26-15-10-22(3)32-26)17-16-23-8-6-5-7-9-23/h5-15,21H,4,16-20H2,1-3H3. The average Bonchev–Trinajstić information content (AvgIpc) is 3.22. The van der Waals surface area contributed by atoms with Crippen LogP contribution < -0.4 is 0 Å². The summed E-state index contributed by atoms with van der Waals surface area (Å²) in [7, 11) is 0. The summed E-state index contributed by atoms with van der Waals surface area (Å²) in [5, 5.41) is 0. The number of nitrogens with zero attached hydrogens (tertiary/aromatic N) is 2. The van der Waals surface area contributed by atoms with Crippen LogP contribution in [-0.4, -0.2) is 34.8 Å². The van der Waals surface area contributed by atoms with Crippen LogP contribution in [0.1, 0.15) is 42.9 Å². The zero-order chi connectivity index (χ0) is 22.9. The van der Waals surface area contributed by atoms with Gasteiger partial charge in [0.15, 0.2) is 0 Å². The number of rotatable bonds is 11. The van der Waals surface area contributed by atoms with Crippen LogP contribution in [0.5, 0.6) is 0 Å². The molecule has 5 heteroatoms. The number of carbonyl (C=O) groups is 1. The minimum Gasteiger partial charge on any atom is -0.464 e. The molecular weight excluding hydrogens is 464 g/mol. The van der Waals surface area contributed by atoms with E-state index < -0.39 is 0 Å². The Bertz CT molecular complexity index is 969. The summed E-state index contributed by atoms with van der Waals surface area (Å²) < 4.78 is 6.85. The molecule has 170 valence electrons. The Morgan fingerprint density at radius 1 is 0.969 bits per heavy atom. The molecule has 3 aromatic rings. The molecule has 1 unspecified atom stereocenters. The normalized spacial score (nSPS) is 12.2. The molecule has 1 atom stereocenters. The molecule has 32 heavy (non-hydrogen) atoms. The number of hydrogen-bond acceptors (Lipinski definition) is 3. The van der Waals surface area contributed by atoms with E-state index in [-0.39, 0.29) is 5.91 Å². The van der Waals surface area contributed by atoms with Crippen molar-refractivity contribution in [2.75, 3.05) is 13.1 Å². The van der Waals surface area contributed by atoms with Gasteiger partial charge in [-0.05, 0) is 62.1 Å². The highest BCUT2D eigenvalue weighted by atomic mass is 79.9. The zero-order valence-electron chi connectivity index (χ0n) is 19.3. The fourth-order valence-corrected chi connectivity index (χ4v) is 3.95. The van der Waals surface area contributed by atoms with Crippen molar-refractivity contribution in [2.24, 2.45) is 0 Å². The van der Waals surface area contributed by atoms with Gasteiger partial charge in [0.1, 0.15) is 11.5 Å². The maximum atomic E-state index is 13.5. The molecule has 0 saturated heterocycles. The van der Waals surface area contributed by atoms with Gasteiger partial charge in [-0.15, -0.1) is 0 Å². The Kier molecular flexibility index (Phi) is 9.12. The van der Waals surface area contributed by atoms with Gasteiger partial charge >= 0.3 is 0 Å². The minimum absolute atomic E-state index is 0.132. The Labute approximate surface area is 200 Å². The molecule has 0 saturated carbocycles. The quantitative estimate of drug-likeness (QED) is 0.316. The summed E-state index contributed by atoms with van der Waals surface area (Å²) in [5.74, 6) is 1.83. The third-order valence-electron chi connectivity index (χ3n) is 5.86. The first-order valence-corrected chi connectivity index (χ1v) is 12.1. The second-order valence-corrected chi connectivity index (χ2v) is 9.27. The van der Waals surface area contributed by atoms with Gasteiger partial charge < -0.3 is 9.32 Å². The highest BCUT2D eigenvalue weighted by Crippen LogP contribution is 2.16. The van der Waals surface area contributed by atoms with Crippen LogP contribution in [-0.2, 0) is 24.3 Å². The molecular formula is C27H33BrN2O2. The maximum Gasteiger partial charge on any atom is 0.237 e. The topological polar surface area (TPSA) is 36.7 Å². The monoisotopic (exact) mass is 496 g/mol. The van der Waals surface area contributed by atoms with Crippen molar-refractivity contribution in [3.63, 3.8) is 0 Å². The first kappa shape index (κ1) is 24.3. The van der Waals surface area contributed by atoms with Gasteiger partial charge in [0.2, 0.25) is 5.91 Å². The third kappa shape index (κ3) is 7.35. The molecule has 0 bridgehead atoms. The number of carbonyl (C=O) groups excluding carboxylic acids is 1. The molecule has 1 heterocycles. The highest BCUT2D eigenvalue weighted by Gasteiger charge is 2.22. The van der Waals surface area contributed by atoms with Crippen LogP contribution in [0.2, 0.25) is 0 Å². The van der Waals surface area contributed by atoms with Crippen molar-refractivity contribution < 1.29 is 9.21 Å². The molecule has 0 aliphatic heterocycles. The van der Waals surface area contributed by atoms with E-state index >= 15 is 0 Å². The van der Waals surface area contributed by atoms with Gasteiger partial charge in [0, 0.05) is 23.6 Å². The molecule has 0 aliphatic rings. The fraction of sp³-hybridized carbons (Fsp3) is 0.370. The van der Waals surface area contributed by atoms with E-state index in [0.717, 1.165) is 35.4 Å². The predicted octanol–water partition coefficient (Wildman–Crippen LogP) is 6.22. The fourth-order valence-electron chi connectivity index (χ4n) is 3.68. The molecule has 0 spiro atoms.